The number of methoxy groups -OCH3 is 2. The molecular weight excluding hydrogens is 392 g/mol. The van der Waals surface area contributed by atoms with Crippen LogP contribution >= 0.6 is 0 Å². The standard InChI is InChI=1S/C25H22N2O4/c1-29-22-10-6-9-21(15-22)27-25(28)20(16-26)13-19-11-12-23(30-2)24(14-19)31-17-18-7-4-3-5-8-18/h3-15H,17H2,1-2H3,(H,27,28). The van der Waals surface area contributed by atoms with Crippen LogP contribution in [-0.4, -0.2) is 20.1 Å². The summed E-state index contributed by atoms with van der Waals surface area (Å²) in [7, 11) is 3.10. The fraction of sp³-hybridized carbons (Fsp3) is 0.120. The monoisotopic (exact) mass is 414 g/mol. The van der Waals surface area contributed by atoms with Gasteiger partial charge in [0.25, 0.3) is 5.91 Å². The zero-order chi connectivity index (χ0) is 22.1. The van der Waals surface area contributed by atoms with Crippen LogP contribution in [0.4, 0.5) is 5.69 Å². The number of amides is 1. The highest BCUT2D eigenvalue weighted by atomic mass is 16.5. The molecule has 3 rings (SSSR count). The van der Waals surface area contributed by atoms with Crippen LogP contribution in [0.25, 0.3) is 6.08 Å². The average molecular weight is 414 g/mol. The van der Waals surface area contributed by atoms with E-state index in [2.05, 4.69) is 5.32 Å². The summed E-state index contributed by atoms with van der Waals surface area (Å²) in [4.78, 5) is 12.6. The van der Waals surface area contributed by atoms with Crippen LogP contribution in [0.3, 0.4) is 0 Å². The molecular formula is C25H22N2O4. The summed E-state index contributed by atoms with van der Waals surface area (Å²) in [5, 5.41) is 12.2. The fourth-order valence-corrected chi connectivity index (χ4v) is 2.85. The molecule has 0 aliphatic heterocycles. The Balaban J connectivity index is 1.79. The number of rotatable bonds is 8. The van der Waals surface area contributed by atoms with Crippen molar-refractivity contribution in [1.82, 2.24) is 0 Å². The van der Waals surface area contributed by atoms with E-state index in [9.17, 15) is 10.1 Å². The highest BCUT2D eigenvalue weighted by molar-refractivity contribution is 6.09. The van der Waals surface area contributed by atoms with Crippen LogP contribution in [0, 0.1) is 11.3 Å². The van der Waals surface area contributed by atoms with Gasteiger partial charge in [-0.25, -0.2) is 0 Å². The fourth-order valence-electron chi connectivity index (χ4n) is 2.85. The molecule has 0 bridgehead atoms. The number of hydrogen-bond acceptors (Lipinski definition) is 5. The molecule has 6 heteroatoms. The molecule has 0 saturated heterocycles. The molecule has 0 aliphatic carbocycles. The molecule has 0 atom stereocenters. The van der Waals surface area contributed by atoms with Gasteiger partial charge in [-0.2, -0.15) is 5.26 Å². The Hall–Kier alpha value is -4.24. The summed E-state index contributed by atoms with van der Waals surface area (Å²) in [6.45, 7) is 0.367. The molecule has 0 unspecified atom stereocenters. The molecule has 1 amide bonds. The number of nitrogens with one attached hydrogen (secondary N) is 1. The Morgan fingerprint density at radius 1 is 0.968 bits per heavy atom. The van der Waals surface area contributed by atoms with Crippen molar-refractivity contribution >= 4 is 17.7 Å². The molecule has 0 fully saturated rings. The highest BCUT2D eigenvalue weighted by Crippen LogP contribution is 2.30. The lowest BCUT2D eigenvalue weighted by Crippen LogP contribution is -2.13. The Bertz CT molecular complexity index is 1120. The summed E-state index contributed by atoms with van der Waals surface area (Å²) in [6.07, 6.45) is 1.50. The van der Waals surface area contributed by atoms with E-state index < -0.39 is 5.91 Å². The number of carbonyl (C=O) groups is 1. The van der Waals surface area contributed by atoms with Crippen molar-refractivity contribution in [2.75, 3.05) is 19.5 Å². The molecule has 156 valence electrons. The summed E-state index contributed by atoms with van der Waals surface area (Å²) in [5.74, 6) is 1.17. The van der Waals surface area contributed by atoms with E-state index >= 15 is 0 Å². The number of ether oxygens (including phenoxy) is 3. The number of carbonyl (C=O) groups excluding carboxylic acids is 1. The molecule has 0 spiro atoms. The Morgan fingerprint density at radius 2 is 1.77 bits per heavy atom. The first-order valence-electron chi connectivity index (χ1n) is 9.55. The minimum Gasteiger partial charge on any atom is -0.497 e. The van der Waals surface area contributed by atoms with Crippen LogP contribution in [0.2, 0.25) is 0 Å². The second-order valence-corrected chi connectivity index (χ2v) is 6.54. The Labute approximate surface area is 181 Å². The number of benzene rings is 3. The van der Waals surface area contributed by atoms with Gasteiger partial charge in [-0.3, -0.25) is 4.79 Å². The quantitative estimate of drug-likeness (QED) is 0.422. The van der Waals surface area contributed by atoms with Crippen molar-refractivity contribution in [2.24, 2.45) is 0 Å². The van der Waals surface area contributed by atoms with Crippen LogP contribution in [-0.2, 0) is 11.4 Å². The third-order valence-corrected chi connectivity index (χ3v) is 4.43. The maximum atomic E-state index is 12.6. The number of anilines is 1. The third kappa shape index (κ3) is 5.87. The molecule has 1 N–H and O–H groups in total. The lowest BCUT2D eigenvalue weighted by atomic mass is 10.1. The second kappa shape index (κ2) is 10.5. The van der Waals surface area contributed by atoms with Crippen LogP contribution in [0.1, 0.15) is 11.1 Å². The Morgan fingerprint density at radius 3 is 2.48 bits per heavy atom. The zero-order valence-corrected chi connectivity index (χ0v) is 17.3. The summed E-state index contributed by atoms with van der Waals surface area (Å²) >= 11 is 0. The Kier molecular flexibility index (Phi) is 7.28. The minimum absolute atomic E-state index is 0.0398. The van der Waals surface area contributed by atoms with Crippen LogP contribution in [0.15, 0.2) is 78.4 Å². The SMILES string of the molecule is COc1cccc(NC(=O)C(C#N)=Cc2ccc(OC)c(OCc3ccccc3)c2)c1. The van der Waals surface area contributed by atoms with E-state index in [1.807, 2.05) is 36.4 Å². The molecule has 6 nitrogen and oxygen atoms in total. The van der Waals surface area contributed by atoms with Gasteiger partial charge in [-0.05, 0) is 41.5 Å². The first kappa shape index (κ1) is 21.5. The molecule has 0 saturated carbocycles. The summed E-state index contributed by atoms with van der Waals surface area (Å²) in [6, 6.07) is 23.8. The van der Waals surface area contributed by atoms with Gasteiger partial charge in [0.15, 0.2) is 11.5 Å². The lowest BCUT2D eigenvalue weighted by Gasteiger charge is -2.12. The van der Waals surface area contributed by atoms with Crippen LogP contribution < -0.4 is 19.5 Å². The molecule has 3 aromatic carbocycles. The molecule has 0 aromatic heterocycles. The van der Waals surface area contributed by atoms with E-state index in [1.165, 1.54) is 6.08 Å². The lowest BCUT2D eigenvalue weighted by molar-refractivity contribution is -0.112. The van der Waals surface area contributed by atoms with Crippen molar-refractivity contribution in [3.8, 4) is 23.3 Å². The third-order valence-electron chi connectivity index (χ3n) is 4.43. The van der Waals surface area contributed by atoms with Crippen molar-refractivity contribution < 1.29 is 19.0 Å². The van der Waals surface area contributed by atoms with Gasteiger partial charge in [-0.15, -0.1) is 0 Å². The number of nitriles is 1. The minimum atomic E-state index is -0.515. The molecule has 31 heavy (non-hydrogen) atoms. The van der Waals surface area contributed by atoms with Crippen molar-refractivity contribution in [1.29, 1.82) is 5.26 Å². The van der Waals surface area contributed by atoms with Crippen molar-refractivity contribution in [2.45, 2.75) is 6.61 Å². The first-order valence-corrected chi connectivity index (χ1v) is 9.55. The van der Waals surface area contributed by atoms with E-state index in [-0.39, 0.29) is 5.57 Å². The molecule has 0 aliphatic rings. The largest absolute Gasteiger partial charge is 0.497 e. The second-order valence-electron chi connectivity index (χ2n) is 6.54. The van der Waals surface area contributed by atoms with Gasteiger partial charge in [0.2, 0.25) is 0 Å². The normalized spacial score (nSPS) is 10.7. The maximum Gasteiger partial charge on any atom is 0.266 e. The number of nitrogens with zero attached hydrogens (tertiary/aromatic N) is 1. The van der Waals surface area contributed by atoms with E-state index in [1.54, 1.807) is 56.7 Å². The average Bonchev–Trinajstić information content (AvgIpc) is 2.82. The smallest absolute Gasteiger partial charge is 0.266 e. The molecule has 0 radical (unpaired) electrons. The van der Waals surface area contributed by atoms with Gasteiger partial charge >= 0.3 is 0 Å². The van der Waals surface area contributed by atoms with Crippen molar-refractivity contribution in [3.63, 3.8) is 0 Å². The van der Waals surface area contributed by atoms with Gasteiger partial charge in [0, 0.05) is 11.8 Å². The van der Waals surface area contributed by atoms with Gasteiger partial charge < -0.3 is 19.5 Å². The summed E-state index contributed by atoms with van der Waals surface area (Å²) < 4.78 is 16.4. The molecule has 0 heterocycles. The first-order chi connectivity index (χ1) is 15.1. The predicted octanol–water partition coefficient (Wildman–Crippen LogP) is 4.83. The van der Waals surface area contributed by atoms with Crippen molar-refractivity contribution in [3.05, 3.63) is 89.5 Å². The topological polar surface area (TPSA) is 80.6 Å². The highest BCUT2D eigenvalue weighted by Gasteiger charge is 2.12. The zero-order valence-electron chi connectivity index (χ0n) is 17.3. The predicted molar refractivity (Wildman–Crippen MR) is 119 cm³/mol. The van der Waals surface area contributed by atoms with Gasteiger partial charge in [0.05, 0.1) is 14.2 Å². The van der Waals surface area contributed by atoms with E-state index in [4.69, 9.17) is 14.2 Å². The van der Waals surface area contributed by atoms with Gasteiger partial charge in [-0.1, -0.05) is 42.5 Å². The van der Waals surface area contributed by atoms with Crippen LogP contribution in [0.5, 0.6) is 17.2 Å². The van der Waals surface area contributed by atoms with E-state index in [0.717, 1.165) is 5.56 Å². The van der Waals surface area contributed by atoms with Gasteiger partial charge in [0.1, 0.15) is 24.0 Å². The van der Waals surface area contributed by atoms with E-state index in [0.29, 0.717) is 35.1 Å². The molecule has 3 aromatic rings. The maximum absolute atomic E-state index is 12.6. The summed E-state index contributed by atoms with van der Waals surface area (Å²) in [5.41, 5.74) is 2.15. The number of hydrogen-bond donors (Lipinski definition) is 1.